The fraction of sp³-hybridized carbons (Fsp3) is 0.310. The highest BCUT2D eigenvalue weighted by Gasteiger charge is 2.26. The Balaban J connectivity index is 1.63. The molecule has 0 N–H and O–H groups in total. The second-order valence-corrected chi connectivity index (χ2v) is 9.51. The second kappa shape index (κ2) is 9.39. The third-order valence-corrected chi connectivity index (χ3v) is 6.17. The minimum atomic E-state index is -0.222. The maximum absolute atomic E-state index is 9.41. The van der Waals surface area contributed by atoms with Gasteiger partial charge in [-0.1, -0.05) is 42.5 Å². The first-order valence-electron chi connectivity index (χ1n) is 11.4. The summed E-state index contributed by atoms with van der Waals surface area (Å²) in [5, 5.41) is 9.41. The molecule has 33 heavy (non-hydrogen) atoms. The molecule has 4 rings (SSSR count). The first-order valence-corrected chi connectivity index (χ1v) is 11.4. The molecule has 0 spiro atoms. The van der Waals surface area contributed by atoms with Crippen molar-refractivity contribution in [1.82, 2.24) is 0 Å². The van der Waals surface area contributed by atoms with E-state index in [-0.39, 0.29) is 17.3 Å². The number of nitrogens with zero attached hydrogens (tertiary/aromatic N) is 3. The standard InChI is InChI=1S/C29H29N3O/c1-29(2,3)32-16-8-11-23-17-21(13-15-27(23)32)12-14-25-18-24(26(20-30)31-4)19-28(33-25)22-9-6-5-7-10-22/h5-7,9-10,12-15,17-18,28H,8,11,16,19H2,1-3H3/b14-12+,26-24+. The van der Waals surface area contributed by atoms with Crippen LogP contribution in [0.15, 0.2) is 77.7 Å². The van der Waals surface area contributed by atoms with Crippen LogP contribution in [0.25, 0.3) is 10.9 Å². The van der Waals surface area contributed by atoms with Gasteiger partial charge in [0.1, 0.15) is 11.9 Å². The van der Waals surface area contributed by atoms with Gasteiger partial charge < -0.3 is 9.64 Å². The third kappa shape index (κ3) is 5.02. The number of benzene rings is 2. The van der Waals surface area contributed by atoms with Crippen molar-refractivity contribution in [2.75, 3.05) is 11.4 Å². The van der Waals surface area contributed by atoms with E-state index in [1.807, 2.05) is 48.6 Å². The SMILES string of the molecule is [C-]#[N+]/C(C#N)=C1C=C(/C=C/c2ccc3c(c2)CCCN3C(C)(C)C)OC(c2ccccc2)C\1. The molecule has 0 fully saturated rings. The molecular weight excluding hydrogens is 406 g/mol. The van der Waals surface area contributed by atoms with Crippen LogP contribution in [0.4, 0.5) is 5.69 Å². The lowest BCUT2D eigenvalue weighted by atomic mass is 9.94. The number of allylic oxidation sites excluding steroid dienone is 3. The Hall–Kier alpha value is -3.76. The average Bonchev–Trinajstić information content (AvgIpc) is 2.83. The Morgan fingerprint density at radius 2 is 1.97 bits per heavy atom. The Morgan fingerprint density at radius 1 is 1.18 bits per heavy atom. The number of hydrogen-bond donors (Lipinski definition) is 0. The zero-order chi connectivity index (χ0) is 23.4. The second-order valence-electron chi connectivity index (χ2n) is 9.51. The van der Waals surface area contributed by atoms with E-state index in [2.05, 4.69) is 54.8 Å². The van der Waals surface area contributed by atoms with Gasteiger partial charge in [0.2, 0.25) is 0 Å². The van der Waals surface area contributed by atoms with E-state index in [9.17, 15) is 5.26 Å². The summed E-state index contributed by atoms with van der Waals surface area (Å²) in [5.41, 5.74) is 5.80. The van der Waals surface area contributed by atoms with Crippen molar-refractivity contribution in [2.45, 2.75) is 51.7 Å². The van der Waals surface area contributed by atoms with Gasteiger partial charge in [0.05, 0.1) is 12.6 Å². The van der Waals surface area contributed by atoms with Crippen molar-refractivity contribution >= 4 is 11.8 Å². The van der Waals surface area contributed by atoms with Crippen LogP contribution in [-0.2, 0) is 11.2 Å². The zero-order valence-electron chi connectivity index (χ0n) is 19.5. The quantitative estimate of drug-likeness (QED) is 0.385. The lowest BCUT2D eigenvalue weighted by Crippen LogP contribution is -2.44. The van der Waals surface area contributed by atoms with E-state index in [0.29, 0.717) is 12.2 Å². The van der Waals surface area contributed by atoms with Crippen LogP contribution in [-0.4, -0.2) is 12.1 Å². The smallest absolute Gasteiger partial charge is 0.265 e. The number of anilines is 1. The molecule has 4 nitrogen and oxygen atoms in total. The third-order valence-electron chi connectivity index (χ3n) is 6.17. The topological polar surface area (TPSA) is 40.6 Å². The molecule has 2 aromatic carbocycles. The van der Waals surface area contributed by atoms with Crippen LogP contribution in [0.1, 0.15) is 56.4 Å². The predicted octanol–water partition coefficient (Wildman–Crippen LogP) is 6.99. The van der Waals surface area contributed by atoms with Crippen LogP contribution in [0.2, 0.25) is 0 Å². The molecule has 0 saturated carbocycles. The van der Waals surface area contributed by atoms with Gasteiger partial charge in [-0.25, -0.2) is 10.1 Å². The number of hydrogen-bond acceptors (Lipinski definition) is 3. The maximum atomic E-state index is 9.41. The Morgan fingerprint density at radius 3 is 2.67 bits per heavy atom. The van der Waals surface area contributed by atoms with Gasteiger partial charge in [0, 0.05) is 24.2 Å². The molecular formula is C29H29N3O. The molecule has 0 radical (unpaired) electrons. The van der Waals surface area contributed by atoms with Crippen molar-refractivity contribution in [3.8, 4) is 6.07 Å². The van der Waals surface area contributed by atoms with E-state index in [1.54, 1.807) is 0 Å². The first-order chi connectivity index (χ1) is 15.9. The Labute approximate surface area is 196 Å². The van der Waals surface area contributed by atoms with Crippen LogP contribution in [0.5, 0.6) is 0 Å². The van der Waals surface area contributed by atoms with Gasteiger partial charge in [0.25, 0.3) is 5.70 Å². The minimum Gasteiger partial charge on any atom is -0.485 e. The van der Waals surface area contributed by atoms with E-state index < -0.39 is 0 Å². The van der Waals surface area contributed by atoms with Crippen molar-refractivity contribution in [1.29, 1.82) is 5.26 Å². The summed E-state index contributed by atoms with van der Waals surface area (Å²) < 4.78 is 6.26. The average molecular weight is 436 g/mol. The van der Waals surface area contributed by atoms with Gasteiger partial charge in [-0.3, -0.25) is 0 Å². The summed E-state index contributed by atoms with van der Waals surface area (Å²) in [7, 11) is 0. The lowest BCUT2D eigenvalue weighted by Gasteiger charge is -2.41. The minimum absolute atomic E-state index is 0.101. The summed E-state index contributed by atoms with van der Waals surface area (Å²) in [6.45, 7) is 15.2. The van der Waals surface area contributed by atoms with E-state index in [0.717, 1.165) is 36.1 Å². The number of fused-ring (bicyclic) bond motifs is 1. The normalized spacial score (nSPS) is 19.7. The maximum Gasteiger partial charge on any atom is 0.265 e. The van der Waals surface area contributed by atoms with Gasteiger partial charge in [-0.05, 0) is 80.2 Å². The van der Waals surface area contributed by atoms with Crippen molar-refractivity contribution < 1.29 is 4.74 Å². The number of nitriles is 1. The summed E-state index contributed by atoms with van der Waals surface area (Å²) in [5.74, 6) is 0.663. The van der Waals surface area contributed by atoms with E-state index in [4.69, 9.17) is 11.3 Å². The molecule has 0 amide bonds. The van der Waals surface area contributed by atoms with Crippen LogP contribution >= 0.6 is 0 Å². The summed E-state index contributed by atoms with van der Waals surface area (Å²) in [4.78, 5) is 5.91. The van der Waals surface area contributed by atoms with E-state index >= 15 is 0 Å². The summed E-state index contributed by atoms with van der Waals surface area (Å²) in [6, 6.07) is 18.6. The fourth-order valence-corrected chi connectivity index (χ4v) is 4.54. The van der Waals surface area contributed by atoms with Gasteiger partial charge >= 0.3 is 0 Å². The number of ether oxygens (including phenoxy) is 1. The molecule has 4 heteroatoms. The highest BCUT2D eigenvalue weighted by atomic mass is 16.5. The molecule has 0 bridgehead atoms. The molecule has 2 aliphatic heterocycles. The van der Waals surface area contributed by atoms with Crippen molar-refractivity contribution in [3.63, 3.8) is 0 Å². The van der Waals surface area contributed by atoms with Crippen molar-refractivity contribution in [2.24, 2.45) is 0 Å². The largest absolute Gasteiger partial charge is 0.485 e. The van der Waals surface area contributed by atoms with Crippen LogP contribution in [0.3, 0.4) is 0 Å². The molecule has 1 unspecified atom stereocenters. The fourth-order valence-electron chi connectivity index (χ4n) is 4.54. The molecule has 0 saturated heterocycles. The van der Waals surface area contributed by atoms with Crippen LogP contribution in [0, 0.1) is 17.9 Å². The molecule has 1 atom stereocenters. The summed E-state index contributed by atoms with van der Waals surface area (Å²) >= 11 is 0. The van der Waals surface area contributed by atoms with Gasteiger partial charge in [0.15, 0.2) is 0 Å². The molecule has 166 valence electrons. The molecule has 2 aliphatic rings. The molecule has 0 aromatic heterocycles. The first kappa shape index (κ1) is 22.4. The zero-order valence-corrected chi connectivity index (χ0v) is 19.5. The van der Waals surface area contributed by atoms with Gasteiger partial charge in [-0.15, -0.1) is 0 Å². The van der Waals surface area contributed by atoms with E-state index in [1.165, 1.54) is 11.3 Å². The van der Waals surface area contributed by atoms with Gasteiger partial charge in [-0.2, -0.15) is 0 Å². The molecule has 0 aliphatic carbocycles. The highest BCUT2D eigenvalue weighted by Crippen LogP contribution is 2.36. The predicted molar refractivity (Wildman–Crippen MR) is 133 cm³/mol. The Kier molecular flexibility index (Phi) is 6.38. The molecule has 2 heterocycles. The summed E-state index contributed by atoms with van der Waals surface area (Å²) in [6.07, 6.45) is 8.35. The Bertz CT molecular complexity index is 1180. The molecule has 2 aromatic rings. The monoisotopic (exact) mass is 435 g/mol. The number of aryl methyl sites for hydroxylation is 1. The highest BCUT2D eigenvalue weighted by molar-refractivity contribution is 5.64. The lowest BCUT2D eigenvalue weighted by molar-refractivity contribution is 0.118. The van der Waals surface area contributed by atoms with Crippen LogP contribution < -0.4 is 4.90 Å². The van der Waals surface area contributed by atoms with Crippen molar-refractivity contribution in [3.05, 3.63) is 106 Å². The number of rotatable bonds is 3.